The highest BCUT2D eigenvalue weighted by Gasteiger charge is 2.50. The number of aryl methyl sites for hydroxylation is 2. The summed E-state index contributed by atoms with van der Waals surface area (Å²) in [5, 5.41) is 3.89. The van der Waals surface area contributed by atoms with E-state index in [2.05, 4.69) is 5.16 Å². The first kappa shape index (κ1) is 19.2. The number of carbonyl (C=O) groups is 1. The molecule has 0 bridgehead atoms. The minimum atomic E-state index is -2.67. The number of carbonyl (C=O) groups excluding carboxylic acids is 1. The van der Waals surface area contributed by atoms with Gasteiger partial charge in [-0.3, -0.25) is 9.69 Å². The second kappa shape index (κ2) is 7.60. The molecule has 3 rings (SSSR count). The Kier molecular flexibility index (Phi) is 5.62. The van der Waals surface area contributed by atoms with E-state index in [0.29, 0.717) is 39.1 Å². The lowest BCUT2D eigenvalue weighted by Crippen LogP contribution is -2.62. The number of hydrogen-bond acceptors (Lipinski definition) is 5. The van der Waals surface area contributed by atoms with E-state index in [9.17, 15) is 13.6 Å². The molecule has 1 aromatic heterocycles. The Bertz CT molecular complexity index is 624. The monoisotopic (exact) mass is 371 g/mol. The highest BCUT2D eigenvalue weighted by atomic mass is 19.3. The number of aromatic nitrogens is 1. The van der Waals surface area contributed by atoms with Gasteiger partial charge >= 0.3 is 0 Å². The zero-order chi connectivity index (χ0) is 18.9. The second-order valence-electron chi connectivity index (χ2n) is 7.30. The molecule has 26 heavy (non-hydrogen) atoms. The number of nitrogens with zero attached hydrogens (tertiary/aromatic N) is 3. The van der Waals surface area contributed by atoms with Gasteiger partial charge in [-0.2, -0.15) is 0 Å². The largest absolute Gasteiger partial charge is 0.380 e. The maximum Gasteiger partial charge on any atom is 0.262 e. The van der Waals surface area contributed by atoms with Gasteiger partial charge in [0.05, 0.1) is 18.8 Å². The Hall–Kier alpha value is -1.54. The molecule has 2 aliphatic rings. The summed E-state index contributed by atoms with van der Waals surface area (Å²) in [4.78, 5) is 15.9. The van der Waals surface area contributed by atoms with Crippen LogP contribution in [-0.4, -0.2) is 71.7 Å². The number of hydrogen-bond donors (Lipinski definition) is 0. The van der Waals surface area contributed by atoms with Crippen molar-refractivity contribution in [1.29, 1.82) is 0 Å². The molecule has 0 aromatic carbocycles. The molecule has 1 unspecified atom stereocenters. The molecule has 0 N–H and O–H groups in total. The van der Waals surface area contributed by atoms with Crippen LogP contribution in [0.3, 0.4) is 0 Å². The lowest BCUT2D eigenvalue weighted by Gasteiger charge is -2.46. The first-order chi connectivity index (χ1) is 12.3. The van der Waals surface area contributed by atoms with E-state index in [1.165, 1.54) is 0 Å². The van der Waals surface area contributed by atoms with Crippen molar-refractivity contribution in [3.05, 3.63) is 17.0 Å². The SMILES string of the molecule is CCOCC1CC(F)(F)CN1C1CN(C(=O)CCc2c(C)noc2C)C1. The maximum absolute atomic E-state index is 13.8. The summed E-state index contributed by atoms with van der Waals surface area (Å²) < 4.78 is 38.1. The third-order valence-electron chi connectivity index (χ3n) is 5.39. The lowest BCUT2D eigenvalue weighted by atomic mass is 10.0. The minimum Gasteiger partial charge on any atom is -0.380 e. The standard InChI is InChI=1S/C18H27F2N3O3/c1-4-25-10-14-7-18(19,20)11-23(14)15-8-22(9-15)17(24)6-5-16-12(2)21-26-13(16)3/h14-15H,4-11H2,1-3H3. The number of ether oxygens (including phenoxy) is 1. The van der Waals surface area contributed by atoms with E-state index in [1.807, 2.05) is 25.7 Å². The molecule has 0 aliphatic carbocycles. The molecule has 146 valence electrons. The summed E-state index contributed by atoms with van der Waals surface area (Å²) in [5.41, 5.74) is 1.79. The van der Waals surface area contributed by atoms with Crippen molar-refractivity contribution in [2.45, 2.75) is 58.0 Å². The fourth-order valence-electron chi connectivity index (χ4n) is 3.88. The Morgan fingerprint density at radius 1 is 1.38 bits per heavy atom. The molecular formula is C18H27F2N3O3. The van der Waals surface area contributed by atoms with Crippen molar-refractivity contribution in [2.75, 3.05) is 32.8 Å². The molecular weight excluding hydrogens is 344 g/mol. The van der Waals surface area contributed by atoms with Gasteiger partial charge in [0.2, 0.25) is 5.91 Å². The zero-order valence-corrected chi connectivity index (χ0v) is 15.6. The molecule has 8 heteroatoms. The van der Waals surface area contributed by atoms with Gasteiger partial charge in [0, 0.05) is 50.2 Å². The van der Waals surface area contributed by atoms with E-state index in [1.54, 1.807) is 4.90 Å². The normalized spacial score (nSPS) is 23.4. The van der Waals surface area contributed by atoms with Crippen molar-refractivity contribution in [1.82, 2.24) is 15.0 Å². The first-order valence-electron chi connectivity index (χ1n) is 9.21. The van der Waals surface area contributed by atoms with Crippen LogP contribution >= 0.6 is 0 Å². The molecule has 1 amide bonds. The van der Waals surface area contributed by atoms with Crippen molar-refractivity contribution in [3.63, 3.8) is 0 Å². The number of halogens is 2. The van der Waals surface area contributed by atoms with Gasteiger partial charge in [-0.15, -0.1) is 0 Å². The molecule has 6 nitrogen and oxygen atoms in total. The van der Waals surface area contributed by atoms with Crippen LogP contribution in [0.2, 0.25) is 0 Å². The van der Waals surface area contributed by atoms with Gasteiger partial charge in [0.1, 0.15) is 5.76 Å². The molecule has 2 saturated heterocycles. The van der Waals surface area contributed by atoms with Crippen molar-refractivity contribution >= 4 is 5.91 Å². The van der Waals surface area contributed by atoms with Crippen LogP contribution in [0.1, 0.15) is 36.8 Å². The summed E-state index contributed by atoms with van der Waals surface area (Å²) in [5.74, 6) is -1.88. The van der Waals surface area contributed by atoms with Crippen molar-refractivity contribution < 1.29 is 22.8 Å². The van der Waals surface area contributed by atoms with Crippen LogP contribution in [0, 0.1) is 13.8 Å². The van der Waals surface area contributed by atoms with Gasteiger partial charge in [-0.05, 0) is 27.2 Å². The number of likely N-dealkylation sites (tertiary alicyclic amines) is 2. The topological polar surface area (TPSA) is 58.8 Å². The summed E-state index contributed by atoms with van der Waals surface area (Å²) in [6.45, 7) is 7.19. The third kappa shape index (κ3) is 4.06. The average molecular weight is 371 g/mol. The summed E-state index contributed by atoms with van der Waals surface area (Å²) in [6, 6.07) is -0.272. The molecule has 2 fully saturated rings. The van der Waals surface area contributed by atoms with E-state index in [-0.39, 0.29) is 31.0 Å². The van der Waals surface area contributed by atoms with Gasteiger partial charge in [-0.1, -0.05) is 5.16 Å². The average Bonchev–Trinajstić information content (AvgIpc) is 3.01. The van der Waals surface area contributed by atoms with Gasteiger partial charge < -0.3 is 14.2 Å². The quantitative estimate of drug-likeness (QED) is 0.735. The van der Waals surface area contributed by atoms with Crippen molar-refractivity contribution in [2.24, 2.45) is 0 Å². The third-order valence-corrected chi connectivity index (χ3v) is 5.39. The van der Waals surface area contributed by atoms with E-state index in [0.717, 1.165) is 17.0 Å². The zero-order valence-electron chi connectivity index (χ0n) is 15.6. The molecule has 1 aromatic rings. The first-order valence-corrected chi connectivity index (χ1v) is 9.21. The lowest BCUT2D eigenvalue weighted by molar-refractivity contribution is -0.139. The van der Waals surface area contributed by atoms with Crippen molar-refractivity contribution in [3.8, 4) is 0 Å². The maximum atomic E-state index is 13.8. The predicted molar refractivity (Wildman–Crippen MR) is 91.2 cm³/mol. The molecule has 0 saturated carbocycles. The molecule has 0 radical (unpaired) electrons. The highest BCUT2D eigenvalue weighted by molar-refractivity contribution is 5.77. The number of amides is 1. The predicted octanol–water partition coefficient (Wildman–Crippen LogP) is 2.18. The smallest absolute Gasteiger partial charge is 0.262 e. The Labute approximate surface area is 152 Å². The van der Waals surface area contributed by atoms with Crippen LogP contribution in [0.5, 0.6) is 0 Å². The van der Waals surface area contributed by atoms with Crippen LogP contribution in [0.25, 0.3) is 0 Å². The van der Waals surface area contributed by atoms with Crippen LogP contribution in [0.15, 0.2) is 4.52 Å². The molecule has 3 heterocycles. The summed E-state index contributed by atoms with van der Waals surface area (Å²) >= 11 is 0. The van der Waals surface area contributed by atoms with E-state index in [4.69, 9.17) is 9.26 Å². The number of rotatable bonds is 7. The van der Waals surface area contributed by atoms with Crippen LogP contribution in [-0.2, 0) is 16.0 Å². The summed E-state index contributed by atoms with van der Waals surface area (Å²) in [6.07, 6.45) is 0.813. The Balaban J connectivity index is 1.49. The fraction of sp³-hybridized carbons (Fsp3) is 0.778. The van der Waals surface area contributed by atoms with E-state index >= 15 is 0 Å². The Morgan fingerprint density at radius 3 is 2.73 bits per heavy atom. The van der Waals surface area contributed by atoms with Crippen LogP contribution < -0.4 is 0 Å². The summed E-state index contributed by atoms with van der Waals surface area (Å²) in [7, 11) is 0. The number of alkyl halides is 2. The molecule has 2 aliphatic heterocycles. The van der Waals surface area contributed by atoms with Gasteiger partial charge in [0.25, 0.3) is 5.92 Å². The van der Waals surface area contributed by atoms with Crippen LogP contribution in [0.4, 0.5) is 8.78 Å². The highest BCUT2D eigenvalue weighted by Crippen LogP contribution is 2.35. The van der Waals surface area contributed by atoms with E-state index < -0.39 is 5.92 Å². The minimum absolute atomic E-state index is 0.00292. The van der Waals surface area contributed by atoms with Gasteiger partial charge in [-0.25, -0.2) is 8.78 Å². The fourth-order valence-corrected chi connectivity index (χ4v) is 3.88. The van der Waals surface area contributed by atoms with Gasteiger partial charge in [0.15, 0.2) is 0 Å². The second-order valence-corrected chi connectivity index (χ2v) is 7.30. The Morgan fingerprint density at radius 2 is 2.12 bits per heavy atom. The molecule has 0 spiro atoms. The molecule has 1 atom stereocenters.